The number of carbonyl (C=O) groups excluding carboxylic acids is 2. The summed E-state index contributed by atoms with van der Waals surface area (Å²) in [6, 6.07) is 7.11. The second kappa shape index (κ2) is 10.7. The van der Waals surface area contributed by atoms with Gasteiger partial charge in [-0.1, -0.05) is 23.9 Å². The molecule has 0 atom stereocenters. The number of hydrogen-bond acceptors (Lipinski definition) is 7. The van der Waals surface area contributed by atoms with Gasteiger partial charge in [-0.05, 0) is 51.1 Å². The SMILES string of the molecule is CCOc1ccccc1NC(=O)COC(=O)CCc1c(C)nc(SC)nc1C. The molecule has 1 amide bonds. The smallest absolute Gasteiger partial charge is 0.306 e. The van der Waals surface area contributed by atoms with E-state index >= 15 is 0 Å². The number of para-hydroxylation sites is 2. The van der Waals surface area contributed by atoms with Gasteiger partial charge in [-0.2, -0.15) is 0 Å². The number of aromatic nitrogens is 2. The first-order valence-corrected chi connectivity index (χ1v) is 10.2. The van der Waals surface area contributed by atoms with Crippen LogP contribution in [0.5, 0.6) is 5.75 Å². The highest BCUT2D eigenvalue weighted by atomic mass is 32.2. The van der Waals surface area contributed by atoms with Gasteiger partial charge in [-0.15, -0.1) is 0 Å². The van der Waals surface area contributed by atoms with Crippen molar-refractivity contribution < 1.29 is 19.1 Å². The van der Waals surface area contributed by atoms with Crippen LogP contribution in [-0.2, 0) is 20.7 Å². The predicted octanol–water partition coefficient (Wildman–Crippen LogP) is 3.33. The fourth-order valence-corrected chi connectivity index (χ4v) is 3.10. The number of carbonyl (C=O) groups is 2. The first-order chi connectivity index (χ1) is 13.4. The quantitative estimate of drug-likeness (QED) is 0.390. The Bertz CT molecular complexity index is 819. The van der Waals surface area contributed by atoms with Gasteiger partial charge in [0.25, 0.3) is 5.91 Å². The van der Waals surface area contributed by atoms with E-state index in [0.29, 0.717) is 29.6 Å². The van der Waals surface area contributed by atoms with Crippen LogP contribution in [0.3, 0.4) is 0 Å². The Labute approximate surface area is 169 Å². The molecule has 0 aliphatic heterocycles. The molecule has 0 aliphatic rings. The third-order valence-corrected chi connectivity index (χ3v) is 4.53. The lowest BCUT2D eigenvalue weighted by molar-refractivity contribution is -0.147. The van der Waals surface area contributed by atoms with Crippen molar-refractivity contribution in [2.24, 2.45) is 0 Å². The standard InChI is InChI=1S/C20H25N3O4S/c1-5-26-17-9-7-6-8-16(17)23-18(24)12-27-19(25)11-10-15-13(2)21-20(28-4)22-14(15)3/h6-9H,5,10-12H2,1-4H3,(H,23,24). The number of anilines is 1. The average Bonchev–Trinajstić information content (AvgIpc) is 2.67. The van der Waals surface area contributed by atoms with Crippen molar-refractivity contribution in [3.8, 4) is 5.75 Å². The number of benzene rings is 1. The van der Waals surface area contributed by atoms with Crippen molar-refractivity contribution in [3.05, 3.63) is 41.2 Å². The Balaban J connectivity index is 1.84. The van der Waals surface area contributed by atoms with Crippen LogP contribution >= 0.6 is 11.8 Å². The molecular formula is C20H25N3O4S. The second-order valence-electron chi connectivity index (χ2n) is 6.00. The van der Waals surface area contributed by atoms with Crippen molar-refractivity contribution in [2.75, 3.05) is 24.8 Å². The first-order valence-electron chi connectivity index (χ1n) is 9.00. The molecule has 0 fully saturated rings. The zero-order valence-corrected chi connectivity index (χ0v) is 17.4. The summed E-state index contributed by atoms with van der Waals surface area (Å²) in [6.07, 6.45) is 2.55. The van der Waals surface area contributed by atoms with Gasteiger partial charge in [0.15, 0.2) is 11.8 Å². The van der Waals surface area contributed by atoms with E-state index in [1.165, 1.54) is 11.8 Å². The molecule has 1 aromatic carbocycles. The molecule has 0 bridgehead atoms. The maximum atomic E-state index is 12.1. The van der Waals surface area contributed by atoms with Crippen LogP contribution in [0.2, 0.25) is 0 Å². The van der Waals surface area contributed by atoms with Crippen molar-refractivity contribution in [1.29, 1.82) is 0 Å². The van der Waals surface area contributed by atoms with Crippen molar-refractivity contribution in [3.63, 3.8) is 0 Å². The molecule has 8 heteroatoms. The molecule has 0 radical (unpaired) electrons. The lowest BCUT2D eigenvalue weighted by atomic mass is 10.1. The first kappa shape index (κ1) is 21.7. The third kappa shape index (κ3) is 6.23. The van der Waals surface area contributed by atoms with E-state index in [1.54, 1.807) is 18.2 Å². The molecule has 1 aromatic heterocycles. The molecule has 2 aromatic rings. The molecule has 7 nitrogen and oxygen atoms in total. The number of ether oxygens (including phenoxy) is 2. The second-order valence-corrected chi connectivity index (χ2v) is 6.77. The largest absolute Gasteiger partial charge is 0.492 e. The Morgan fingerprint density at radius 2 is 1.82 bits per heavy atom. The Morgan fingerprint density at radius 1 is 1.14 bits per heavy atom. The number of amides is 1. The highest BCUT2D eigenvalue weighted by molar-refractivity contribution is 7.98. The van der Waals surface area contributed by atoms with E-state index in [-0.39, 0.29) is 13.0 Å². The number of aryl methyl sites for hydroxylation is 2. The minimum absolute atomic E-state index is 0.159. The van der Waals surface area contributed by atoms with Gasteiger partial charge in [0.2, 0.25) is 0 Å². The molecular weight excluding hydrogens is 378 g/mol. The van der Waals surface area contributed by atoms with Crippen LogP contribution < -0.4 is 10.1 Å². The molecule has 0 saturated heterocycles. The summed E-state index contributed by atoms with van der Waals surface area (Å²) >= 11 is 1.48. The normalized spacial score (nSPS) is 10.4. The molecule has 1 N–H and O–H groups in total. The summed E-state index contributed by atoms with van der Waals surface area (Å²) in [5, 5.41) is 3.41. The summed E-state index contributed by atoms with van der Waals surface area (Å²) in [5.74, 6) is -0.286. The zero-order valence-electron chi connectivity index (χ0n) is 16.6. The number of rotatable bonds is 9. The third-order valence-electron chi connectivity index (χ3n) is 3.99. The number of thioether (sulfide) groups is 1. The minimum Gasteiger partial charge on any atom is -0.492 e. The van der Waals surface area contributed by atoms with Crippen LogP contribution in [0.25, 0.3) is 0 Å². The lowest BCUT2D eigenvalue weighted by Crippen LogP contribution is -2.21. The van der Waals surface area contributed by atoms with Crippen LogP contribution in [0.1, 0.15) is 30.3 Å². The van der Waals surface area contributed by atoms with Gasteiger partial charge < -0.3 is 14.8 Å². The van der Waals surface area contributed by atoms with E-state index < -0.39 is 11.9 Å². The highest BCUT2D eigenvalue weighted by Crippen LogP contribution is 2.23. The van der Waals surface area contributed by atoms with Crippen LogP contribution in [0.15, 0.2) is 29.4 Å². The molecule has 0 unspecified atom stereocenters. The van der Waals surface area contributed by atoms with Crippen LogP contribution in [-0.4, -0.2) is 41.3 Å². The van der Waals surface area contributed by atoms with E-state index in [0.717, 1.165) is 17.0 Å². The summed E-state index contributed by atoms with van der Waals surface area (Å²) in [7, 11) is 0. The fraction of sp³-hybridized carbons (Fsp3) is 0.400. The molecule has 28 heavy (non-hydrogen) atoms. The number of nitrogens with zero attached hydrogens (tertiary/aromatic N) is 2. The lowest BCUT2D eigenvalue weighted by Gasteiger charge is -2.12. The molecule has 0 aliphatic carbocycles. The molecule has 1 heterocycles. The molecule has 2 rings (SSSR count). The number of esters is 1. The Hall–Kier alpha value is -2.61. The summed E-state index contributed by atoms with van der Waals surface area (Å²) in [4.78, 5) is 32.9. The Morgan fingerprint density at radius 3 is 2.46 bits per heavy atom. The minimum atomic E-state index is -0.444. The molecule has 0 saturated carbocycles. The topological polar surface area (TPSA) is 90.4 Å². The van der Waals surface area contributed by atoms with E-state index in [1.807, 2.05) is 33.1 Å². The van der Waals surface area contributed by atoms with Gasteiger partial charge in [0.1, 0.15) is 5.75 Å². The highest BCUT2D eigenvalue weighted by Gasteiger charge is 2.13. The van der Waals surface area contributed by atoms with E-state index in [9.17, 15) is 9.59 Å². The van der Waals surface area contributed by atoms with Gasteiger partial charge in [-0.25, -0.2) is 9.97 Å². The zero-order chi connectivity index (χ0) is 20.5. The summed E-state index contributed by atoms with van der Waals surface area (Å²) in [5.41, 5.74) is 3.19. The van der Waals surface area contributed by atoms with Crippen molar-refractivity contribution in [1.82, 2.24) is 9.97 Å². The summed E-state index contributed by atoms with van der Waals surface area (Å²) in [6.45, 7) is 5.81. The van der Waals surface area contributed by atoms with Gasteiger partial charge in [0, 0.05) is 17.8 Å². The monoisotopic (exact) mass is 403 g/mol. The van der Waals surface area contributed by atoms with Crippen molar-refractivity contribution in [2.45, 2.75) is 38.8 Å². The Kier molecular flexibility index (Phi) is 8.25. The van der Waals surface area contributed by atoms with E-state index in [4.69, 9.17) is 9.47 Å². The fourth-order valence-electron chi connectivity index (χ4n) is 2.64. The van der Waals surface area contributed by atoms with Gasteiger partial charge in [-0.3, -0.25) is 9.59 Å². The van der Waals surface area contributed by atoms with Crippen LogP contribution in [0.4, 0.5) is 5.69 Å². The maximum absolute atomic E-state index is 12.1. The maximum Gasteiger partial charge on any atom is 0.306 e. The summed E-state index contributed by atoms with van der Waals surface area (Å²) < 4.78 is 10.5. The predicted molar refractivity (Wildman–Crippen MR) is 109 cm³/mol. The van der Waals surface area contributed by atoms with Crippen molar-refractivity contribution >= 4 is 29.3 Å². The molecule has 0 spiro atoms. The average molecular weight is 404 g/mol. The van der Waals surface area contributed by atoms with Crippen LogP contribution in [0, 0.1) is 13.8 Å². The molecule has 150 valence electrons. The van der Waals surface area contributed by atoms with Gasteiger partial charge in [0.05, 0.1) is 12.3 Å². The van der Waals surface area contributed by atoms with Gasteiger partial charge >= 0.3 is 5.97 Å². The number of hydrogen-bond donors (Lipinski definition) is 1. The van der Waals surface area contributed by atoms with E-state index in [2.05, 4.69) is 15.3 Å². The number of nitrogens with one attached hydrogen (secondary N) is 1.